The minimum atomic E-state index is -0.250. The predicted molar refractivity (Wildman–Crippen MR) is 91.5 cm³/mol. The summed E-state index contributed by atoms with van der Waals surface area (Å²) in [7, 11) is 1.85. The maximum absolute atomic E-state index is 12.5. The van der Waals surface area contributed by atoms with Crippen LogP contribution < -0.4 is 5.32 Å². The van der Waals surface area contributed by atoms with Gasteiger partial charge in [0.05, 0.1) is 18.5 Å². The molecule has 1 amide bonds. The Kier molecular flexibility index (Phi) is 5.54. The molecule has 0 atom stereocenters. The molecule has 0 saturated carbocycles. The number of aryl methyl sites for hydroxylation is 2. The van der Waals surface area contributed by atoms with E-state index in [1.165, 1.54) is 11.3 Å². The number of nitrogens with zero attached hydrogens (tertiary/aromatic N) is 3. The molecule has 0 radical (unpaired) electrons. The van der Waals surface area contributed by atoms with Crippen molar-refractivity contribution in [2.24, 2.45) is 12.5 Å². The number of aromatic nitrogens is 3. The van der Waals surface area contributed by atoms with Crippen molar-refractivity contribution in [2.45, 2.75) is 33.6 Å². The summed E-state index contributed by atoms with van der Waals surface area (Å²) in [5.74, 6) is -0.130. The van der Waals surface area contributed by atoms with Crippen LogP contribution >= 0.6 is 11.3 Å². The van der Waals surface area contributed by atoms with Crippen molar-refractivity contribution in [3.8, 4) is 10.6 Å². The number of carbonyl (C=O) groups is 1. The zero-order valence-corrected chi connectivity index (χ0v) is 14.9. The minimum Gasteiger partial charge on any atom is -0.396 e. The van der Waals surface area contributed by atoms with Gasteiger partial charge in [0.15, 0.2) is 0 Å². The van der Waals surface area contributed by atoms with Gasteiger partial charge in [-0.1, -0.05) is 13.8 Å². The zero-order valence-electron chi connectivity index (χ0n) is 14.1. The third-order valence-electron chi connectivity index (χ3n) is 4.41. The van der Waals surface area contributed by atoms with E-state index in [1.807, 2.05) is 34.0 Å². The molecule has 6 nitrogen and oxygen atoms in total. The smallest absolute Gasteiger partial charge is 0.263 e. The van der Waals surface area contributed by atoms with Crippen LogP contribution in [0, 0.1) is 12.3 Å². The van der Waals surface area contributed by atoms with Crippen LogP contribution in [0.5, 0.6) is 0 Å². The lowest BCUT2D eigenvalue weighted by molar-refractivity contribution is 0.0854. The molecule has 0 aromatic carbocycles. The number of rotatable bonds is 7. The SMILES string of the molecule is CCC(CC)(CO)CNC(=O)c1sc(-c2cnn(C)c2)nc1C. The summed E-state index contributed by atoms with van der Waals surface area (Å²) in [6.07, 6.45) is 5.27. The lowest BCUT2D eigenvalue weighted by Crippen LogP contribution is -2.39. The molecule has 0 spiro atoms. The standard InChI is InChI=1S/C16H24N4O2S/c1-5-16(6-2,10-21)9-17-14(22)13-11(3)19-15(23-13)12-7-18-20(4)8-12/h7-8,21H,5-6,9-10H2,1-4H3,(H,17,22). The van der Waals surface area contributed by atoms with Crippen molar-refractivity contribution < 1.29 is 9.90 Å². The van der Waals surface area contributed by atoms with Gasteiger partial charge >= 0.3 is 0 Å². The van der Waals surface area contributed by atoms with Crippen LogP contribution in [-0.4, -0.2) is 38.9 Å². The first kappa shape index (κ1) is 17.6. The summed E-state index contributed by atoms with van der Waals surface area (Å²) < 4.78 is 1.71. The molecule has 0 aliphatic rings. The van der Waals surface area contributed by atoms with E-state index >= 15 is 0 Å². The van der Waals surface area contributed by atoms with Crippen LogP contribution in [0.15, 0.2) is 12.4 Å². The van der Waals surface area contributed by atoms with Crippen LogP contribution in [0.2, 0.25) is 0 Å². The first-order valence-corrected chi connectivity index (χ1v) is 8.62. The van der Waals surface area contributed by atoms with Crippen molar-refractivity contribution in [2.75, 3.05) is 13.2 Å². The first-order chi connectivity index (χ1) is 10.9. The maximum Gasteiger partial charge on any atom is 0.263 e. The Hall–Kier alpha value is -1.73. The van der Waals surface area contributed by atoms with Gasteiger partial charge in [-0.15, -0.1) is 11.3 Å². The topological polar surface area (TPSA) is 80.0 Å². The van der Waals surface area contributed by atoms with Crippen LogP contribution in [0.4, 0.5) is 0 Å². The summed E-state index contributed by atoms with van der Waals surface area (Å²) in [5, 5.41) is 17.5. The molecule has 0 fully saturated rings. The highest BCUT2D eigenvalue weighted by Gasteiger charge is 2.27. The van der Waals surface area contributed by atoms with Crippen LogP contribution in [-0.2, 0) is 7.05 Å². The Morgan fingerprint density at radius 2 is 2.13 bits per heavy atom. The third-order valence-corrected chi connectivity index (χ3v) is 5.62. The molecule has 2 heterocycles. The fraction of sp³-hybridized carbons (Fsp3) is 0.562. The summed E-state index contributed by atoms with van der Waals surface area (Å²) in [5.41, 5.74) is 1.38. The molecule has 2 N–H and O–H groups in total. The number of aliphatic hydroxyl groups is 1. The van der Waals surface area contributed by atoms with Crippen molar-refractivity contribution in [3.05, 3.63) is 23.0 Å². The highest BCUT2D eigenvalue weighted by atomic mass is 32.1. The van der Waals surface area contributed by atoms with Crippen LogP contribution in [0.3, 0.4) is 0 Å². The van der Waals surface area contributed by atoms with Gasteiger partial charge in [-0.05, 0) is 19.8 Å². The minimum absolute atomic E-state index is 0.0723. The zero-order chi connectivity index (χ0) is 17.0. The quantitative estimate of drug-likeness (QED) is 0.813. The van der Waals surface area contributed by atoms with E-state index < -0.39 is 0 Å². The molecule has 126 valence electrons. The van der Waals surface area contributed by atoms with Gasteiger partial charge in [0.2, 0.25) is 0 Å². The number of carbonyl (C=O) groups excluding carboxylic acids is 1. The average molecular weight is 336 g/mol. The molecule has 2 aromatic rings. The second-order valence-corrected chi connectivity index (χ2v) is 6.88. The molecular weight excluding hydrogens is 312 g/mol. The van der Waals surface area contributed by atoms with Gasteiger partial charge in [0, 0.05) is 30.8 Å². The van der Waals surface area contributed by atoms with Crippen LogP contribution in [0.1, 0.15) is 42.1 Å². The summed E-state index contributed by atoms with van der Waals surface area (Å²) in [6, 6.07) is 0. The molecular formula is C16H24N4O2S. The lowest BCUT2D eigenvalue weighted by atomic mass is 9.83. The third kappa shape index (κ3) is 3.79. The number of amides is 1. The second kappa shape index (κ2) is 7.23. The van der Waals surface area contributed by atoms with E-state index in [2.05, 4.69) is 15.4 Å². The molecule has 0 aliphatic carbocycles. The van der Waals surface area contributed by atoms with E-state index in [1.54, 1.807) is 10.9 Å². The number of nitrogens with one attached hydrogen (secondary N) is 1. The fourth-order valence-corrected chi connectivity index (χ4v) is 3.35. The van der Waals surface area contributed by atoms with Gasteiger partial charge in [-0.25, -0.2) is 4.98 Å². The van der Waals surface area contributed by atoms with Gasteiger partial charge in [-0.3, -0.25) is 9.48 Å². The Bertz CT molecular complexity index is 665. The number of aliphatic hydroxyl groups excluding tert-OH is 1. The van der Waals surface area contributed by atoms with Gasteiger partial charge in [-0.2, -0.15) is 5.10 Å². The molecule has 0 aliphatic heterocycles. The number of hydrogen-bond acceptors (Lipinski definition) is 5. The average Bonchev–Trinajstić information content (AvgIpc) is 3.15. The Morgan fingerprint density at radius 3 is 2.65 bits per heavy atom. The Labute approximate surface area is 140 Å². The van der Waals surface area contributed by atoms with Crippen LogP contribution in [0.25, 0.3) is 10.6 Å². The second-order valence-electron chi connectivity index (χ2n) is 5.88. The molecule has 2 rings (SSSR count). The Balaban J connectivity index is 2.13. The summed E-state index contributed by atoms with van der Waals surface area (Å²) >= 11 is 1.37. The molecule has 0 saturated heterocycles. The highest BCUT2D eigenvalue weighted by Crippen LogP contribution is 2.28. The van der Waals surface area contributed by atoms with E-state index in [0.29, 0.717) is 17.1 Å². The van der Waals surface area contributed by atoms with Crippen molar-refractivity contribution in [1.82, 2.24) is 20.1 Å². The Morgan fingerprint density at radius 1 is 1.43 bits per heavy atom. The molecule has 0 bridgehead atoms. The van der Waals surface area contributed by atoms with Crippen molar-refractivity contribution in [1.29, 1.82) is 0 Å². The van der Waals surface area contributed by atoms with E-state index in [-0.39, 0.29) is 17.9 Å². The first-order valence-electron chi connectivity index (χ1n) is 7.80. The predicted octanol–water partition coefficient (Wildman–Crippen LogP) is 2.38. The van der Waals surface area contributed by atoms with Gasteiger partial charge in [0.25, 0.3) is 5.91 Å². The maximum atomic E-state index is 12.5. The molecule has 7 heteroatoms. The lowest BCUT2D eigenvalue weighted by Gasteiger charge is -2.29. The van der Waals surface area contributed by atoms with Gasteiger partial charge < -0.3 is 10.4 Å². The number of thiazole rings is 1. The van der Waals surface area contributed by atoms with E-state index in [0.717, 1.165) is 23.4 Å². The normalized spacial score (nSPS) is 11.7. The molecule has 0 unspecified atom stereocenters. The highest BCUT2D eigenvalue weighted by molar-refractivity contribution is 7.17. The molecule has 2 aromatic heterocycles. The van der Waals surface area contributed by atoms with E-state index in [4.69, 9.17) is 0 Å². The summed E-state index contributed by atoms with van der Waals surface area (Å²) in [4.78, 5) is 17.6. The van der Waals surface area contributed by atoms with Crippen molar-refractivity contribution >= 4 is 17.2 Å². The van der Waals surface area contributed by atoms with Gasteiger partial charge in [0.1, 0.15) is 9.88 Å². The monoisotopic (exact) mass is 336 g/mol. The fourth-order valence-electron chi connectivity index (χ4n) is 2.39. The van der Waals surface area contributed by atoms with E-state index in [9.17, 15) is 9.90 Å². The molecule has 23 heavy (non-hydrogen) atoms. The summed E-state index contributed by atoms with van der Waals surface area (Å²) in [6.45, 7) is 6.44. The largest absolute Gasteiger partial charge is 0.396 e. The van der Waals surface area contributed by atoms with Crippen molar-refractivity contribution in [3.63, 3.8) is 0 Å². The number of hydrogen-bond donors (Lipinski definition) is 2.